The van der Waals surface area contributed by atoms with Crippen LogP contribution in [0, 0.1) is 6.92 Å². The molecule has 3 aromatic carbocycles. The Morgan fingerprint density at radius 2 is 1.79 bits per heavy atom. The highest BCUT2D eigenvalue weighted by Gasteiger charge is 2.30. The number of fused-ring (bicyclic) bond motifs is 1. The van der Waals surface area contributed by atoms with E-state index in [9.17, 15) is 21.6 Å². The Bertz CT molecular complexity index is 1590. The van der Waals surface area contributed by atoms with E-state index in [2.05, 4.69) is 20.2 Å². The van der Waals surface area contributed by atoms with Gasteiger partial charge in [-0.1, -0.05) is 42.5 Å². The van der Waals surface area contributed by atoms with Crippen LogP contribution in [0.15, 0.2) is 71.6 Å². The number of halogens is 3. The minimum Gasteiger partial charge on any atom is -0.377 e. The summed E-state index contributed by atoms with van der Waals surface area (Å²) < 4.78 is 73.9. The molecule has 5 rings (SSSR count). The predicted molar refractivity (Wildman–Crippen MR) is 139 cm³/mol. The van der Waals surface area contributed by atoms with Gasteiger partial charge >= 0.3 is 6.18 Å². The lowest BCUT2D eigenvalue weighted by atomic mass is 10.0. The minimum atomic E-state index is -4.47. The van der Waals surface area contributed by atoms with E-state index >= 15 is 0 Å². The van der Waals surface area contributed by atoms with Gasteiger partial charge in [0.15, 0.2) is 5.82 Å². The molecule has 1 aliphatic heterocycles. The van der Waals surface area contributed by atoms with E-state index in [1.165, 1.54) is 12.1 Å². The molecule has 198 valence electrons. The second-order valence-corrected chi connectivity index (χ2v) is 10.8. The van der Waals surface area contributed by atoms with E-state index in [1.54, 1.807) is 49.4 Å². The Balaban J connectivity index is 1.49. The molecule has 1 aliphatic rings. The maximum absolute atomic E-state index is 13.2. The van der Waals surface area contributed by atoms with Gasteiger partial charge in [0.1, 0.15) is 5.69 Å². The maximum atomic E-state index is 13.2. The molecule has 1 atom stereocenters. The van der Waals surface area contributed by atoms with Crippen LogP contribution < -0.4 is 10.0 Å². The number of sulfonamides is 1. The van der Waals surface area contributed by atoms with Gasteiger partial charge in [0, 0.05) is 35.2 Å². The van der Waals surface area contributed by atoms with Crippen molar-refractivity contribution in [2.45, 2.75) is 36.9 Å². The lowest BCUT2D eigenvalue weighted by molar-refractivity contribution is -0.137. The van der Waals surface area contributed by atoms with Gasteiger partial charge in [-0.05, 0) is 49.6 Å². The number of alkyl halides is 3. The van der Waals surface area contributed by atoms with Gasteiger partial charge in [0.05, 0.1) is 16.6 Å². The molecule has 4 aromatic rings. The van der Waals surface area contributed by atoms with Crippen molar-refractivity contribution in [3.63, 3.8) is 0 Å². The number of hydrogen-bond donors (Lipinski definition) is 2. The van der Waals surface area contributed by atoms with Crippen molar-refractivity contribution in [1.29, 1.82) is 0 Å². The predicted octanol–water partition coefficient (Wildman–Crippen LogP) is 5.82. The van der Waals surface area contributed by atoms with Crippen molar-refractivity contribution >= 4 is 32.3 Å². The van der Waals surface area contributed by atoms with Crippen LogP contribution in [0.5, 0.6) is 0 Å². The summed E-state index contributed by atoms with van der Waals surface area (Å²) in [5.41, 5.74) is 1.01. The van der Waals surface area contributed by atoms with Gasteiger partial charge < -0.3 is 10.1 Å². The normalized spacial score (nSPS) is 16.2. The van der Waals surface area contributed by atoms with Crippen LogP contribution in [0.2, 0.25) is 0 Å². The number of aryl methyl sites for hydroxylation is 1. The molecule has 7 nitrogen and oxygen atoms in total. The molecule has 0 radical (unpaired) electrons. The third-order valence-corrected chi connectivity index (χ3v) is 7.98. The maximum Gasteiger partial charge on any atom is 0.416 e. The van der Waals surface area contributed by atoms with E-state index in [-0.39, 0.29) is 29.0 Å². The molecule has 38 heavy (non-hydrogen) atoms. The Morgan fingerprint density at radius 1 is 1.00 bits per heavy atom. The Labute approximate surface area is 218 Å². The highest BCUT2D eigenvalue weighted by molar-refractivity contribution is 7.89. The van der Waals surface area contributed by atoms with Crippen LogP contribution in [0.4, 0.5) is 24.7 Å². The van der Waals surface area contributed by atoms with Crippen molar-refractivity contribution in [3.05, 3.63) is 77.9 Å². The van der Waals surface area contributed by atoms with Crippen molar-refractivity contribution in [2.24, 2.45) is 0 Å². The largest absolute Gasteiger partial charge is 0.416 e. The topological polar surface area (TPSA) is 93.2 Å². The number of anilines is 2. The Hall–Kier alpha value is -3.54. The minimum absolute atomic E-state index is 0.130. The molecule has 1 fully saturated rings. The molecule has 0 amide bonds. The monoisotopic (exact) mass is 542 g/mol. The standard InChI is InChI=1S/C27H25F3N4O3S/c1-17-11-12-18(14-24(17)38(35,36)31-16-21-8-5-13-37-21)25-22-9-2-3-10-23(22)26(34-33-25)32-20-7-4-6-19(15-20)27(28,29)30/h2-4,6-7,9-12,14-15,21,31H,5,8,13,16H2,1H3,(H,32,34)/t21-/m0/s1. The molecular formula is C27H25F3N4O3S. The Kier molecular flexibility index (Phi) is 7.08. The number of ether oxygens (including phenoxy) is 1. The fraction of sp³-hybridized carbons (Fsp3) is 0.259. The first-order valence-corrected chi connectivity index (χ1v) is 13.5. The molecule has 0 unspecified atom stereocenters. The molecule has 2 heterocycles. The zero-order chi connectivity index (χ0) is 26.9. The average molecular weight is 543 g/mol. The number of rotatable bonds is 7. The quantitative estimate of drug-likeness (QED) is 0.306. The van der Waals surface area contributed by atoms with Crippen molar-refractivity contribution in [3.8, 4) is 11.3 Å². The highest BCUT2D eigenvalue weighted by Crippen LogP contribution is 2.34. The summed E-state index contributed by atoms with van der Waals surface area (Å²) in [6, 6.07) is 17.0. The first-order chi connectivity index (χ1) is 18.1. The average Bonchev–Trinajstić information content (AvgIpc) is 3.42. The third-order valence-electron chi connectivity index (χ3n) is 6.42. The lowest BCUT2D eigenvalue weighted by Gasteiger charge is -2.15. The first-order valence-electron chi connectivity index (χ1n) is 12.0. The molecule has 0 bridgehead atoms. The third kappa shape index (κ3) is 5.50. The number of hydrogen-bond acceptors (Lipinski definition) is 6. The van der Waals surface area contributed by atoms with Gasteiger partial charge in [-0.2, -0.15) is 13.2 Å². The zero-order valence-corrected chi connectivity index (χ0v) is 21.2. The van der Waals surface area contributed by atoms with Gasteiger partial charge in [0.25, 0.3) is 0 Å². The van der Waals surface area contributed by atoms with E-state index in [0.717, 1.165) is 25.0 Å². The van der Waals surface area contributed by atoms with Crippen molar-refractivity contribution in [2.75, 3.05) is 18.5 Å². The summed E-state index contributed by atoms with van der Waals surface area (Å²) in [5.74, 6) is 0.280. The van der Waals surface area contributed by atoms with E-state index in [1.807, 2.05) is 0 Å². The summed E-state index contributed by atoms with van der Waals surface area (Å²) in [7, 11) is -3.81. The molecule has 2 N–H and O–H groups in total. The van der Waals surface area contributed by atoms with Crippen LogP contribution in [-0.2, 0) is 20.9 Å². The second-order valence-electron chi connectivity index (χ2n) is 9.11. The summed E-state index contributed by atoms with van der Waals surface area (Å²) in [4.78, 5) is 0.130. The fourth-order valence-corrected chi connectivity index (χ4v) is 5.78. The second kappa shape index (κ2) is 10.3. The molecule has 1 aromatic heterocycles. The van der Waals surface area contributed by atoms with Crippen molar-refractivity contribution in [1.82, 2.24) is 14.9 Å². The van der Waals surface area contributed by atoms with Crippen LogP contribution in [0.3, 0.4) is 0 Å². The number of nitrogens with one attached hydrogen (secondary N) is 2. The number of aromatic nitrogens is 2. The molecular weight excluding hydrogens is 517 g/mol. The molecule has 0 spiro atoms. The van der Waals surface area contributed by atoms with E-state index < -0.39 is 21.8 Å². The molecule has 0 aliphatic carbocycles. The lowest BCUT2D eigenvalue weighted by Crippen LogP contribution is -2.32. The number of nitrogens with zero attached hydrogens (tertiary/aromatic N) is 2. The Morgan fingerprint density at radius 3 is 2.53 bits per heavy atom. The smallest absolute Gasteiger partial charge is 0.377 e. The van der Waals surface area contributed by atoms with Crippen LogP contribution in [0.25, 0.3) is 22.0 Å². The molecule has 11 heteroatoms. The molecule has 1 saturated heterocycles. The highest BCUT2D eigenvalue weighted by atomic mass is 32.2. The van der Waals surface area contributed by atoms with Gasteiger partial charge in [0.2, 0.25) is 10.0 Å². The van der Waals surface area contributed by atoms with Gasteiger partial charge in [-0.3, -0.25) is 0 Å². The summed E-state index contributed by atoms with van der Waals surface area (Å²) in [6.45, 7) is 2.55. The fourth-order valence-electron chi connectivity index (χ4n) is 4.44. The van der Waals surface area contributed by atoms with Crippen molar-refractivity contribution < 1.29 is 26.3 Å². The first kappa shape index (κ1) is 26.1. The van der Waals surface area contributed by atoms with E-state index in [4.69, 9.17) is 4.74 Å². The van der Waals surface area contributed by atoms with Gasteiger partial charge in [-0.15, -0.1) is 10.2 Å². The van der Waals surface area contributed by atoms with E-state index in [0.29, 0.717) is 34.2 Å². The summed E-state index contributed by atoms with van der Waals surface area (Å²) in [5, 5.41) is 12.8. The summed E-state index contributed by atoms with van der Waals surface area (Å²) >= 11 is 0. The van der Waals surface area contributed by atoms with Gasteiger partial charge in [-0.25, -0.2) is 13.1 Å². The number of benzene rings is 3. The van der Waals surface area contributed by atoms with Crippen LogP contribution in [-0.4, -0.2) is 37.9 Å². The summed E-state index contributed by atoms with van der Waals surface area (Å²) in [6.07, 6.45) is -2.90. The SMILES string of the molecule is Cc1ccc(-c2nnc(Nc3cccc(C(F)(F)F)c3)c3ccccc23)cc1S(=O)(=O)NC[C@@H]1CCCO1. The van der Waals surface area contributed by atoms with Crippen LogP contribution in [0.1, 0.15) is 24.0 Å². The zero-order valence-electron chi connectivity index (χ0n) is 20.4. The molecule has 0 saturated carbocycles. The van der Waals surface area contributed by atoms with Crippen LogP contribution >= 0.6 is 0 Å².